The summed E-state index contributed by atoms with van der Waals surface area (Å²) in [4.78, 5) is 0. The highest BCUT2D eigenvalue weighted by atomic mass is 31.2. The van der Waals surface area contributed by atoms with E-state index in [9.17, 15) is 4.57 Å². The van der Waals surface area contributed by atoms with Crippen LogP contribution in [0.5, 0.6) is 0 Å². The Morgan fingerprint density at radius 1 is 1.15 bits per heavy atom. The summed E-state index contributed by atoms with van der Waals surface area (Å²) in [6, 6.07) is 9.21. The number of nitrogens with one attached hydrogen (secondary N) is 1. The first-order valence-corrected chi connectivity index (χ1v) is 5.55. The van der Waals surface area contributed by atoms with Crippen molar-refractivity contribution in [3.63, 3.8) is 0 Å². The minimum absolute atomic E-state index is 0.386. The average molecular weight is 199 g/mol. The molecule has 1 fully saturated rings. The molecular formula is C8H10NO3P. The highest BCUT2D eigenvalue weighted by Gasteiger charge is 2.29. The van der Waals surface area contributed by atoms with Crippen molar-refractivity contribution >= 4 is 13.4 Å². The second-order valence-electron chi connectivity index (χ2n) is 2.64. The van der Waals surface area contributed by atoms with Crippen LogP contribution in [0.15, 0.2) is 30.3 Å². The van der Waals surface area contributed by atoms with E-state index < -0.39 is 7.75 Å². The number of rotatable bonds is 2. The van der Waals surface area contributed by atoms with Crippen molar-refractivity contribution in [2.45, 2.75) is 0 Å². The van der Waals surface area contributed by atoms with Crippen LogP contribution < -0.4 is 5.09 Å². The Hall–Kier alpha value is -0.830. The summed E-state index contributed by atoms with van der Waals surface area (Å²) in [5.41, 5.74) is 0.743. The maximum Gasteiger partial charge on any atom is 0.432 e. The van der Waals surface area contributed by atoms with Gasteiger partial charge in [-0.1, -0.05) is 18.2 Å². The van der Waals surface area contributed by atoms with Gasteiger partial charge < -0.3 is 0 Å². The maximum atomic E-state index is 11.6. The molecule has 0 atom stereocenters. The van der Waals surface area contributed by atoms with Gasteiger partial charge in [-0.2, -0.15) is 0 Å². The van der Waals surface area contributed by atoms with E-state index in [1.165, 1.54) is 0 Å². The average Bonchev–Trinajstić information content (AvgIpc) is 2.54. The lowest BCUT2D eigenvalue weighted by Crippen LogP contribution is -1.95. The summed E-state index contributed by atoms with van der Waals surface area (Å²) in [6.07, 6.45) is 0. The fourth-order valence-electron chi connectivity index (χ4n) is 1.09. The molecule has 1 aromatic carbocycles. The van der Waals surface area contributed by atoms with Crippen LogP contribution in [0.3, 0.4) is 0 Å². The Kier molecular flexibility index (Phi) is 2.36. The van der Waals surface area contributed by atoms with Crippen LogP contribution >= 0.6 is 7.75 Å². The van der Waals surface area contributed by atoms with E-state index in [1.807, 2.05) is 30.3 Å². The number of para-hydroxylation sites is 1. The molecule has 4 nitrogen and oxygen atoms in total. The molecule has 0 bridgehead atoms. The Balaban J connectivity index is 2.10. The summed E-state index contributed by atoms with van der Waals surface area (Å²) in [6.45, 7) is 0.772. The highest BCUT2D eigenvalue weighted by Crippen LogP contribution is 2.50. The van der Waals surface area contributed by atoms with E-state index in [0.29, 0.717) is 13.2 Å². The molecule has 0 radical (unpaired) electrons. The molecule has 0 aliphatic carbocycles. The molecule has 1 aromatic rings. The smallest absolute Gasteiger partial charge is 0.293 e. The van der Waals surface area contributed by atoms with Crippen molar-refractivity contribution < 1.29 is 13.6 Å². The summed E-state index contributed by atoms with van der Waals surface area (Å²) in [5.74, 6) is 0. The van der Waals surface area contributed by atoms with E-state index in [0.717, 1.165) is 5.69 Å². The minimum atomic E-state index is -3.04. The quantitative estimate of drug-likeness (QED) is 0.742. The molecule has 0 saturated carbocycles. The van der Waals surface area contributed by atoms with Gasteiger partial charge in [-0.25, -0.2) is 4.57 Å². The third kappa shape index (κ3) is 2.10. The predicted molar refractivity (Wildman–Crippen MR) is 49.6 cm³/mol. The van der Waals surface area contributed by atoms with Crippen LogP contribution in [0.25, 0.3) is 0 Å². The molecule has 0 unspecified atom stereocenters. The van der Waals surface area contributed by atoms with Gasteiger partial charge >= 0.3 is 7.75 Å². The van der Waals surface area contributed by atoms with Crippen LogP contribution in [0.4, 0.5) is 5.69 Å². The summed E-state index contributed by atoms with van der Waals surface area (Å²) in [5, 5.41) is 2.73. The van der Waals surface area contributed by atoms with Crippen LogP contribution in [-0.4, -0.2) is 13.2 Å². The molecule has 5 heteroatoms. The van der Waals surface area contributed by atoms with Gasteiger partial charge in [0.25, 0.3) is 0 Å². The topological polar surface area (TPSA) is 47.6 Å². The largest absolute Gasteiger partial charge is 0.432 e. The van der Waals surface area contributed by atoms with Crippen molar-refractivity contribution in [1.82, 2.24) is 0 Å². The highest BCUT2D eigenvalue weighted by molar-refractivity contribution is 7.55. The number of hydrogen-bond donors (Lipinski definition) is 1. The molecule has 0 aromatic heterocycles. The van der Waals surface area contributed by atoms with Gasteiger partial charge in [-0.05, 0) is 12.1 Å². The van der Waals surface area contributed by atoms with E-state index in [-0.39, 0.29) is 0 Å². The van der Waals surface area contributed by atoms with Gasteiger partial charge in [0, 0.05) is 5.69 Å². The third-order valence-corrected chi connectivity index (χ3v) is 3.22. The third-order valence-electron chi connectivity index (χ3n) is 1.65. The van der Waals surface area contributed by atoms with Gasteiger partial charge in [0.1, 0.15) is 0 Å². The first-order valence-electron chi connectivity index (χ1n) is 4.01. The lowest BCUT2D eigenvalue weighted by Gasteiger charge is -2.11. The summed E-state index contributed by atoms with van der Waals surface area (Å²) in [7, 11) is -3.04. The monoisotopic (exact) mass is 199 g/mol. The lowest BCUT2D eigenvalue weighted by atomic mass is 10.3. The Bertz CT molecular complexity index is 317. The fraction of sp³-hybridized carbons (Fsp3) is 0.250. The zero-order valence-corrected chi connectivity index (χ0v) is 7.87. The predicted octanol–water partition coefficient (Wildman–Crippen LogP) is 2.25. The standard InChI is InChI=1S/C8H10NO3P/c10-13(11-6-7-12-13)9-8-4-2-1-3-5-8/h1-5H,6-7H2,(H,9,10). The van der Waals surface area contributed by atoms with Gasteiger partial charge in [-0.15, -0.1) is 0 Å². The molecule has 1 aliphatic heterocycles. The first-order chi connectivity index (χ1) is 6.29. The van der Waals surface area contributed by atoms with Crippen molar-refractivity contribution in [1.29, 1.82) is 0 Å². The molecule has 1 aliphatic rings. The second kappa shape index (κ2) is 3.50. The summed E-state index contributed by atoms with van der Waals surface area (Å²) < 4.78 is 21.6. The van der Waals surface area contributed by atoms with E-state index >= 15 is 0 Å². The van der Waals surface area contributed by atoms with Crippen molar-refractivity contribution in [2.24, 2.45) is 0 Å². The summed E-state index contributed by atoms with van der Waals surface area (Å²) >= 11 is 0. The Labute approximate surface area is 76.5 Å². The van der Waals surface area contributed by atoms with Crippen LogP contribution in [-0.2, 0) is 13.6 Å². The second-order valence-corrected chi connectivity index (χ2v) is 4.38. The molecule has 1 N–H and O–H groups in total. The van der Waals surface area contributed by atoms with Crippen LogP contribution in [0.2, 0.25) is 0 Å². The van der Waals surface area contributed by atoms with Gasteiger partial charge in [-0.3, -0.25) is 14.1 Å². The Morgan fingerprint density at radius 2 is 1.77 bits per heavy atom. The molecule has 13 heavy (non-hydrogen) atoms. The SMILES string of the molecule is O=P1(Nc2ccccc2)OCCO1. The number of hydrogen-bond acceptors (Lipinski definition) is 3. The zero-order chi connectivity index (χ0) is 9.15. The fourth-order valence-corrected chi connectivity index (χ4v) is 2.39. The molecule has 1 saturated heterocycles. The maximum absolute atomic E-state index is 11.6. The number of benzene rings is 1. The molecule has 70 valence electrons. The molecule has 0 spiro atoms. The van der Waals surface area contributed by atoms with E-state index in [4.69, 9.17) is 9.05 Å². The van der Waals surface area contributed by atoms with Crippen molar-refractivity contribution in [3.05, 3.63) is 30.3 Å². The number of anilines is 1. The molecule has 2 rings (SSSR count). The molecular weight excluding hydrogens is 189 g/mol. The van der Waals surface area contributed by atoms with Crippen molar-refractivity contribution in [2.75, 3.05) is 18.3 Å². The first kappa shape index (κ1) is 8.75. The molecule has 1 heterocycles. The van der Waals surface area contributed by atoms with Gasteiger partial charge in [0.05, 0.1) is 13.2 Å². The van der Waals surface area contributed by atoms with Crippen LogP contribution in [0.1, 0.15) is 0 Å². The molecule has 0 amide bonds. The van der Waals surface area contributed by atoms with Gasteiger partial charge in [0.2, 0.25) is 0 Å². The Morgan fingerprint density at radius 3 is 2.38 bits per heavy atom. The minimum Gasteiger partial charge on any atom is -0.293 e. The van der Waals surface area contributed by atoms with E-state index in [1.54, 1.807) is 0 Å². The lowest BCUT2D eigenvalue weighted by molar-refractivity contribution is 0.359. The van der Waals surface area contributed by atoms with Crippen LogP contribution in [0, 0.1) is 0 Å². The van der Waals surface area contributed by atoms with E-state index in [2.05, 4.69) is 5.09 Å². The van der Waals surface area contributed by atoms with Gasteiger partial charge in [0.15, 0.2) is 0 Å². The normalized spacial score (nSPS) is 20.0. The zero-order valence-electron chi connectivity index (χ0n) is 6.97. The van der Waals surface area contributed by atoms with Crippen molar-refractivity contribution in [3.8, 4) is 0 Å².